The summed E-state index contributed by atoms with van der Waals surface area (Å²) in [6.07, 6.45) is 12.7. The smallest absolute Gasteiger partial charge is 0.325 e. The number of H-pyrrole nitrogens is 1. The third kappa shape index (κ3) is 5.92. The molecule has 1 aliphatic rings. The zero-order valence-corrected chi connectivity index (χ0v) is 23.7. The molecule has 1 fully saturated rings. The largest absolute Gasteiger partial charge is 0.334 e. The molecule has 0 radical (unpaired) electrons. The minimum atomic E-state index is -0.874. The molecule has 0 saturated heterocycles. The number of aromatic nitrogens is 7. The Hall–Kier alpha value is -5.57. The summed E-state index contributed by atoms with van der Waals surface area (Å²) in [5.74, 6) is 0.799. The van der Waals surface area contributed by atoms with Crippen molar-refractivity contribution in [3.8, 4) is 28.6 Å². The molecule has 0 atom stereocenters. The van der Waals surface area contributed by atoms with E-state index in [1.165, 1.54) is 6.20 Å². The van der Waals surface area contributed by atoms with E-state index < -0.39 is 5.66 Å². The summed E-state index contributed by atoms with van der Waals surface area (Å²) in [4.78, 5) is 29.8. The van der Waals surface area contributed by atoms with Crippen LogP contribution in [0.2, 0.25) is 0 Å². The van der Waals surface area contributed by atoms with E-state index in [0.29, 0.717) is 48.1 Å². The summed E-state index contributed by atoms with van der Waals surface area (Å²) in [5, 5.41) is 27.5. The van der Waals surface area contributed by atoms with Crippen LogP contribution in [0, 0.1) is 11.3 Å². The van der Waals surface area contributed by atoms with Gasteiger partial charge in [-0.15, -0.1) is 0 Å². The van der Waals surface area contributed by atoms with Gasteiger partial charge in [-0.2, -0.15) is 15.5 Å². The average molecular weight is 574 g/mol. The van der Waals surface area contributed by atoms with Crippen molar-refractivity contribution < 1.29 is 4.79 Å². The number of nitrogens with one attached hydrogen (secondary N) is 3. The molecule has 5 aromatic rings. The lowest BCUT2D eigenvalue weighted by atomic mass is 9.87. The van der Waals surface area contributed by atoms with Gasteiger partial charge in [0.2, 0.25) is 5.95 Å². The lowest BCUT2D eigenvalue weighted by Crippen LogP contribution is -2.61. The monoisotopic (exact) mass is 573 g/mol. The van der Waals surface area contributed by atoms with Gasteiger partial charge in [0, 0.05) is 43.3 Å². The highest BCUT2D eigenvalue weighted by Gasteiger charge is 2.43. The van der Waals surface area contributed by atoms with E-state index in [9.17, 15) is 10.1 Å². The van der Waals surface area contributed by atoms with E-state index >= 15 is 0 Å². The molecule has 12 heteroatoms. The molecule has 0 aliphatic heterocycles. The second-order valence-corrected chi connectivity index (χ2v) is 10.5. The maximum Gasteiger partial charge on any atom is 0.325 e. The number of aromatic amines is 1. The fraction of sp³-hybridized carbons (Fsp3) is 0.258. The molecule has 1 saturated carbocycles. The number of rotatable bonds is 8. The van der Waals surface area contributed by atoms with Crippen LogP contribution in [0.4, 0.5) is 16.6 Å². The van der Waals surface area contributed by atoms with E-state index in [2.05, 4.69) is 37.0 Å². The molecule has 0 bridgehead atoms. The van der Waals surface area contributed by atoms with Crippen LogP contribution in [0.1, 0.15) is 43.2 Å². The van der Waals surface area contributed by atoms with Crippen molar-refractivity contribution >= 4 is 17.8 Å². The summed E-state index contributed by atoms with van der Waals surface area (Å²) in [7, 11) is 1.87. The second-order valence-electron chi connectivity index (χ2n) is 10.5. The number of anilines is 2. The summed E-state index contributed by atoms with van der Waals surface area (Å²) in [6, 6.07) is 17.2. The number of aryl methyl sites for hydroxylation is 1. The van der Waals surface area contributed by atoms with Crippen LogP contribution in [0.5, 0.6) is 0 Å². The van der Waals surface area contributed by atoms with Crippen molar-refractivity contribution in [1.82, 2.24) is 40.2 Å². The molecule has 6 rings (SSSR count). The molecule has 4 heterocycles. The van der Waals surface area contributed by atoms with Crippen molar-refractivity contribution in [2.45, 2.75) is 44.3 Å². The van der Waals surface area contributed by atoms with Crippen LogP contribution in [-0.2, 0) is 13.6 Å². The number of nitrogens with zero attached hydrogens (tertiary/aromatic N) is 8. The Morgan fingerprint density at radius 3 is 2.56 bits per heavy atom. The zero-order valence-electron chi connectivity index (χ0n) is 23.7. The number of carbonyl (C=O) groups is 1. The summed E-state index contributed by atoms with van der Waals surface area (Å²) < 4.78 is 1.74. The SMILES string of the molecule is Cn1cc(-c2ccc(N(C(=O)NCc3ccccc3)C3(Nc4ncc(C#N)c(-c5ccn[nH]5)n4)CCCCC3)nc2)cn1. The number of hydrogen-bond donors (Lipinski definition) is 3. The number of carbonyl (C=O) groups excluding carboxylic acids is 1. The van der Waals surface area contributed by atoms with Crippen molar-refractivity contribution in [2.75, 3.05) is 10.2 Å². The molecule has 12 nitrogen and oxygen atoms in total. The van der Waals surface area contributed by atoms with E-state index in [-0.39, 0.29) is 6.03 Å². The Morgan fingerprint density at radius 1 is 1.05 bits per heavy atom. The predicted octanol–water partition coefficient (Wildman–Crippen LogP) is 5.02. The van der Waals surface area contributed by atoms with Gasteiger partial charge in [-0.25, -0.2) is 19.7 Å². The number of nitriles is 1. The molecule has 4 aromatic heterocycles. The number of benzene rings is 1. The molecule has 1 aliphatic carbocycles. The third-order valence-electron chi connectivity index (χ3n) is 7.62. The predicted molar refractivity (Wildman–Crippen MR) is 161 cm³/mol. The van der Waals surface area contributed by atoms with E-state index in [1.54, 1.807) is 34.2 Å². The van der Waals surface area contributed by atoms with E-state index in [0.717, 1.165) is 36.0 Å². The molecule has 0 unspecified atom stereocenters. The van der Waals surface area contributed by atoms with Gasteiger partial charge in [-0.05, 0) is 49.4 Å². The van der Waals surface area contributed by atoms with Crippen LogP contribution >= 0.6 is 0 Å². The van der Waals surface area contributed by atoms with Crippen molar-refractivity contribution in [2.24, 2.45) is 7.05 Å². The highest BCUT2D eigenvalue weighted by atomic mass is 16.2. The van der Waals surface area contributed by atoms with Crippen LogP contribution in [0.3, 0.4) is 0 Å². The quantitative estimate of drug-likeness (QED) is 0.219. The van der Waals surface area contributed by atoms with Crippen LogP contribution < -0.4 is 15.5 Å². The molecule has 0 spiro atoms. The first-order chi connectivity index (χ1) is 21.0. The lowest BCUT2D eigenvalue weighted by Gasteiger charge is -2.46. The Kier molecular flexibility index (Phi) is 7.78. The highest BCUT2D eigenvalue weighted by molar-refractivity contribution is 5.93. The van der Waals surface area contributed by atoms with Gasteiger partial charge >= 0.3 is 6.03 Å². The van der Waals surface area contributed by atoms with Crippen molar-refractivity contribution in [1.29, 1.82) is 5.26 Å². The lowest BCUT2D eigenvalue weighted by molar-refractivity contribution is 0.229. The van der Waals surface area contributed by atoms with E-state index in [4.69, 9.17) is 9.97 Å². The fourth-order valence-electron chi connectivity index (χ4n) is 5.50. The first kappa shape index (κ1) is 27.6. The van der Waals surface area contributed by atoms with Crippen LogP contribution in [-0.4, -0.2) is 46.6 Å². The standard InChI is InChI=1S/C31H31N11O/c1-41-21-25(20-37-41)23-10-11-27(33-18-23)42(30(43)35-17-22-8-4-2-5-9-22)31(13-6-3-7-14-31)39-29-34-19-24(16-32)28(38-29)26-12-15-36-40-26/h2,4-5,8-12,15,18-21H,3,6-7,13-14,17H2,1H3,(H,35,43)(H,36,40)(H,34,38,39). The van der Waals surface area contributed by atoms with E-state index in [1.807, 2.05) is 55.7 Å². The van der Waals surface area contributed by atoms with Gasteiger partial charge in [0.15, 0.2) is 0 Å². The maximum absolute atomic E-state index is 14.1. The zero-order chi connectivity index (χ0) is 29.6. The minimum Gasteiger partial charge on any atom is -0.334 e. The fourth-order valence-corrected chi connectivity index (χ4v) is 5.50. The Morgan fingerprint density at radius 2 is 1.88 bits per heavy atom. The van der Waals surface area contributed by atoms with Crippen molar-refractivity contribution in [3.05, 3.63) is 90.6 Å². The molecular formula is C31H31N11O. The first-order valence-electron chi connectivity index (χ1n) is 14.2. The summed E-state index contributed by atoms with van der Waals surface area (Å²) in [5.41, 5.74) is 3.29. The number of pyridine rings is 1. The molecule has 2 amide bonds. The van der Waals surface area contributed by atoms with Gasteiger partial charge in [-0.1, -0.05) is 36.8 Å². The minimum absolute atomic E-state index is 0.290. The Labute approximate surface area is 248 Å². The third-order valence-corrected chi connectivity index (χ3v) is 7.62. The normalized spacial score (nSPS) is 14.0. The molecule has 43 heavy (non-hydrogen) atoms. The van der Waals surface area contributed by atoms with Crippen LogP contribution in [0.15, 0.2) is 79.5 Å². The molecule has 216 valence electrons. The highest BCUT2D eigenvalue weighted by Crippen LogP contribution is 2.37. The molecule has 3 N–H and O–H groups in total. The Balaban J connectivity index is 1.39. The topological polar surface area (TPSA) is 153 Å². The van der Waals surface area contributed by atoms with Crippen molar-refractivity contribution in [3.63, 3.8) is 0 Å². The van der Waals surface area contributed by atoms with Gasteiger partial charge < -0.3 is 10.6 Å². The first-order valence-corrected chi connectivity index (χ1v) is 14.2. The second kappa shape index (κ2) is 12.1. The average Bonchev–Trinajstić information content (AvgIpc) is 3.74. The molecule has 1 aromatic carbocycles. The van der Waals surface area contributed by atoms with Gasteiger partial charge in [0.05, 0.1) is 23.7 Å². The van der Waals surface area contributed by atoms with Gasteiger partial charge in [-0.3, -0.25) is 14.7 Å². The number of urea groups is 1. The summed E-state index contributed by atoms with van der Waals surface area (Å²) >= 11 is 0. The Bertz CT molecular complexity index is 1720. The number of hydrogen-bond acceptors (Lipinski definition) is 8. The van der Waals surface area contributed by atoms with Gasteiger partial charge in [0.25, 0.3) is 0 Å². The number of amides is 2. The molecular weight excluding hydrogens is 542 g/mol. The van der Waals surface area contributed by atoms with Gasteiger partial charge in [0.1, 0.15) is 23.2 Å². The van der Waals surface area contributed by atoms with Crippen LogP contribution in [0.25, 0.3) is 22.5 Å². The summed E-state index contributed by atoms with van der Waals surface area (Å²) in [6.45, 7) is 0.358. The maximum atomic E-state index is 14.1.